The van der Waals surface area contributed by atoms with Crippen LogP contribution in [0.5, 0.6) is 0 Å². The van der Waals surface area contributed by atoms with E-state index in [9.17, 15) is 0 Å². The van der Waals surface area contributed by atoms with Gasteiger partial charge in [-0.05, 0) is 51.8 Å². The summed E-state index contributed by atoms with van der Waals surface area (Å²) in [6, 6.07) is 2.01. The fraction of sp³-hybridized carbons (Fsp3) is 0.562. The molecule has 1 fully saturated rings. The predicted octanol–water partition coefficient (Wildman–Crippen LogP) is 2.24. The van der Waals surface area contributed by atoms with Crippen molar-refractivity contribution in [3.8, 4) is 11.4 Å². The van der Waals surface area contributed by atoms with Gasteiger partial charge in [0.05, 0.1) is 17.6 Å². The minimum absolute atomic E-state index is 0.699. The third-order valence-corrected chi connectivity index (χ3v) is 4.18. The third-order valence-electron chi connectivity index (χ3n) is 4.18. The normalized spacial score (nSPS) is 19.8. The van der Waals surface area contributed by atoms with Gasteiger partial charge in [0, 0.05) is 25.5 Å². The summed E-state index contributed by atoms with van der Waals surface area (Å²) >= 11 is 0. The average molecular weight is 285 g/mol. The lowest BCUT2D eigenvalue weighted by Gasteiger charge is -2.29. The lowest BCUT2D eigenvalue weighted by Crippen LogP contribution is -2.33. The maximum absolute atomic E-state index is 4.80. The predicted molar refractivity (Wildman–Crippen MR) is 82.9 cm³/mol. The van der Waals surface area contributed by atoms with Crippen molar-refractivity contribution in [3.05, 3.63) is 30.4 Å². The molecule has 1 aliphatic heterocycles. The van der Waals surface area contributed by atoms with Crippen LogP contribution in [0, 0.1) is 5.92 Å². The smallest absolute Gasteiger partial charge is 0.107 e. The molecule has 2 aromatic rings. The van der Waals surface area contributed by atoms with E-state index in [4.69, 9.17) is 4.98 Å². The quantitative estimate of drug-likeness (QED) is 0.864. The van der Waals surface area contributed by atoms with E-state index in [2.05, 4.69) is 29.0 Å². The van der Waals surface area contributed by atoms with Crippen LogP contribution in [0.15, 0.2) is 24.7 Å². The van der Waals surface area contributed by atoms with Crippen LogP contribution in [-0.4, -0.2) is 44.8 Å². The Morgan fingerprint density at radius 3 is 3.05 bits per heavy atom. The van der Waals surface area contributed by atoms with E-state index < -0.39 is 0 Å². The highest BCUT2D eigenvalue weighted by Gasteiger charge is 2.18. The van der Waals surface area contributed by atoms with Crippen LogP contribution >= 0.6 is 0 Å². The molecule has 2 aromatic heterocycles. The molecule has 5 heteroatoms. The molecule has 112 valence electrons. The van der Waals surface area contributed by atoms with Crippen molar-refractivity contribution in [2.75, 3.05) is 20.1 Å². The number of likely N-dealkylation sites (tertiary alicyclic amines) is 1. The van der Waals surface area contributed by atoms with E-state index in [0.717, 1.165) is 30.0 Å². The Balaban J connectivity index is 1.77. The lowest BCUT2D eigenvalue weighted by molar-refractivity contribution is 0.208. The van der Waals surface area contributed by atoms with Gasteiger partial charge in [-0.2, -0.15) is 5.10 Å². The van der Waals surface area contributed by atoms with Crippen molar-refractivity contribution in [2.45, 2.75) is 32.7 Å². The van der Waals surface area contributed by atoms with Gasteiger partial charge in [0.2, 0.25) is 0 Å². The molecule has 0 unspecified atom stereocenters. The summed E-state index contributed by atoms with van der Waals surface area (Å²) in [5.41, 5.74) is 3.07. The van der Waals surface area contributed by atoms with Crippen LogP contribution in [0.1, 0.15) is 25.5 Å². The summed E-state index contributed by atoms with van der Waals surface area (Å²) < 4.78 is 1.96. The fourth-order valence-electron chi connectivity index (χ4n) is 3.17. The summed E-state index contributed by atoms with van der Waals surface area (Å²) in [6.07, 6.45) is 9.17. The molecule has 5 nitrogen and oxygen atoms in total. The minimum atomic E-state index is 0.699. The Morgan fingerprint density at radius 1 is 1.33 bits per heavy atom. The van der Waals surface area contributed by atoms with Crippen LogP contribution in [0.25, 0.3) is 11.4 Å². The summed E-state index contributed by atoms with van der Waals surface area (Å²) in [6.45, 7) is 5.32. The van der Waals surface area contributed by atoms with E-state index in [1.165, 1.54) is 25.9 Å². The first-order chi connectivity index (χ1) is 10.3. The summed E-state index contributed by atoms with van der Waals surface area (Å²) in [7, 11) is 2.20. The Labute approximate surface area is 126 Å². The number of hydrogen-bond donors (Lipinski definition) is 0. The van der Waals surface area contributed by atoms with Crippen LogP contribution in [0.3, 0.4) is 0 Å². The molecule has 3 heterocycles. The average Bonchev–Trinajstić information content (AvgIpc) is 2.96. The van der Waals surface area contributed by atoms with Crippen molar-refractivity contribution in [1.82, 2.24) is 24.6 Å². The van der Waals surface area contributed by atoms with Crippen LogP contribution in [0.4, 0.5) is 0 Å². The van der Waals surface area contributed by atoms with Gasteiger partial charge in [0.25, 0.3) is 0 Å². The maximum atomic E-state index is 4.80. The molecule has 1 aliphatic rings. The van der Waals surface area contributed by atoms with E-state index >= 15 is 0 Å². The fourth-order valence-corrected chi connectivity index (χ4v) is 3.17. The molecule has 0 amide bonds. The van der Waals surface area contributed by atoms with Crippen molar-refractivity contribution in [3.63, 3.8) is 0 Å². The number of rotatable bonds is 4. The number of hydrogen-bond acceptors (Lipinski definition) is 4. The van der Waals surface area contributed by atoms with Crippen molar-refractivity contribution in [2.24, 2.45) is 5.92 Å². The maximum Gasteiger partial charge on any atom is 0.107 e. The number of piperidine rings is 1. The number of nitrogens with zero attached hydrogens (tertiary/aromatic N) is 5. The molecule has 0 N–H and O–H groups in total. The highest BCUT2D eigenvalue weighted by molar-refractivity contribution is 5.52. The van der Waals surface area contributed by atoms with Crippen LogP contribution < -0.4 is 0 Å². The van der Waals surface area contributed by atoms with E-state index in [1.54, 1.807) is 0 Å². The highest BCUT2D eigenvalue weighted by Crippen LogP contribution is 2.21. The summed E-state index contributed by atoms with van der Waals surface area (Å²) in [5, 5.41) is 4.31. The number of aromatic nitrogens is 4. The third kappa shape index (κ3) is 3.29. The second-order valence-corrected chi connectivity index (χ2v) is 5.90. The molecule has 0 saturated carbocycles. The molecule has 21 heavy (non-hydrogen) atoms. The first kappa shape index (κ1) is 14.2. The van der Waals surface area contributed by atoms with Gasteiger partial charge in [-0.3, -0.25) is 9.67 Å². The standard InChI is InChI=1S/C16H23N5/c1-3-21-16(6-7-18-21)15-11-17-10-14(19-15)9-13-5-4-8-20(2)12-13/h6-7,10-11,13H,3-5,8-9,12H2,1-2H3/t13-/m1/s1. The second-order valence-electron chi connectivity index (χ2n) is 5.90. The second kappa shape index (κ2) is 6.35. The van der Waals surface area contributed by atoms with Crippen LogP contribution in [-0.2, 0) is 13.0 Å². The first-order valence-corrected chi connectivity index (χ1v) is 7.78. The van der Waals surface area contributed by atoms with Crippen LogP contribution in [0.2, 0.25) is 0 Å². The SMILES string of the molecule is CCn1nccc1-c1cncc(C[C@H]2CCCN(C)C2)n1. The number of aryl methyl sites for hydroxylation is 1. The largest absolute Gasteiger partial charge is 0.306 e. The summed E-state index contributed by atoms with van der Waals surface area (Å²) in [5.74, 6) is 0.699. The molecule has 1 atom stereocenters. The molecule has 1 saturated heterocycles. The van der Waals surface area contributed by atoms with Gasteiger partial charge < -0.3 is 4.90 Å². The van der Waals surface area contributed by atoms with Crippen molar-refractivity contribution < 1.29 is 0 Å². The molecular weight excluding hydrogens is 262 g/mol. The van der Waals surface area contributed by atoms with Crippen molar-refractivity contribution in [1.29, 1.82) is 0 Å². The molecule has 0 aliphatic carbocycles. The zero-order valence-electron chi connectivity index (χ0n) is 12.9. The van der Waals surface area contributed by atoms with Gasteiger partial charge >= 0.3 is 0 Å². The van der Waals surface area contributed by atoms with Crippen molar-refractivity contribution >= 4 is 0 Å². The summed E-state index contributed by atoms with van der Waals surface area (Å²) in [4.78, 5) is 11.6. The van der Waals surface area contributed by atoms with Gasteiger partial charge in [0.15, 0.2) is 0 Å². The topological polar surface area (TPSA) is 46.8 Å². The van der Waals surface area contributed by atoms with Gasteiger partial charge in [-0.25, -0.2) is 4.98 Å². The molecule has 0 aromatic carbocycles. The molecule has 3 rings (SSSR count). The molecule has 0 radical (unpaired) electrons. The Morgan fingerprint density at radius 2 is 2.24 bits per heavy atom. The Bertz CT molecular complexity index is 592. The Kier molecular flexibility index (Phi) is 4.29. The minimum Gasteiger partial charge on any atom is -0.306 e. The van der Waals surface area contributed by atoms with E-state index in [1.807, 2.05) is 29.3 Å². The van der Waals surface area contributed by atoms with E-state index in [0.29, 0.717) is 5.92 Å². The van der Waals surface area contributed by atoms with Gasteiger partial charge in [-0.15, -0.1) is 0 Å². The highest BCUT2D eigenvalue weighted by atomic mass is 15.3. The van der Waals surface area contributed by atoms with Gasteiger partial charge in [0.1, 0.15) is 5.69 Å². The molecular formula is C16H23N5. The first-order valence-electron chi connectivity index (χ1n) is 7.78. The van der Waals surface area contributed by atoms with Gasteiger partial charge in [-0.1, -0.05) is 0 Å². The Hall–Kier alpha value is -1.75. The molecule has 0 spiro atoms. The van der Waals surface area contributed by atoms with E-state index in [-0.39, 0.29) is 0 Å². The monoisotopic (exact) mass is 285 g/mol. The zero-order chi connectivity index (χ0) is 14.7. The molecule has 0 bridgehead atoms. The lowest BCUT2D eigenvalue weighted by atomic mass is 9.94. The zero-order valence-corrected chi connectivity index (χ0v) is 12.9.